The second-order valence-electron chi connectivity index (χ2n) is 9.87. The molecule has 0 heterocycles. The average Bonchev–Trinajstić information content (AvgIpc) is 2.84. The molecule has 0 saturated carbocycles. The van der Waals surface area contributed by atoms with Crippen LogP contribution in [0.1, 0.15) is 149 Å². The Morgan fingerprint density at radius 2 is 1.23 bits per heavy atom. The molecule has 0 aliphatic rings. The van der Waals surface area contributed by atoms with E-state index in [4.69, 9.17) is 9.47 Å². The molecule has 0 aliphatic carbocycles. The van der Waals surface area contributed by atoms with Crippen molar-refractivity contribution < 1.29 is 24.2 Å². The van der Waals surface area contributed by atoms with Gasteiger partial charge >= 0.3 is 11.9 Å². The van der Waals surface area contributed by atoms with Gasteiger partial charge in [-0.05, 0) is 44.9 Å². The molecule has 0 rings (SSSR count). The number of allylic oxidation sites excluding steroid dienone is 2. The van der Waals surface area contributed by atoms with Gasteiger partial charge in [0.2, 0.25) is 0 Å². The van der Waals surface area contributed by atoms with Crippen molar-refractivity contribution in [2.75, 3.05) is 6.61 Å². The van der Waals surface area contributed by atoms with Crippen LogP contribution in [0.3, 0.4) is 0 Å². The summed E-state index contributed by atoms with van der Waals surface area (Å²) in [5.41, 5.74) is 0. The molecule has 0 fully saturated rings. The van der Waals surface area contributed by atoms with Crippen molar-refractivity contribution in [3.63, 3.8) is 0 Å². The van der Waals surface area contributed by atoms with Gasteiger partial charge in [0.15, 0.2) is 6.10 Å². The maximum atomic E-state index is 12.0. The molecule has 5 nitrogen and oxygen atoms in total. The molecule has 206 valence electrons. The van der Waals surface area contributed by atoms with Gasteiger partial charge in [0, 0.05) is 0 Å². The molecule has 5 heteroatoms. The van der Waals surface area contributed by atoms with Crippen molar-refractivity contribution in [1.29, 1.82) is 0 Å². The highest BCUT2D eigenvalue weighted by molar-refractivity contribution is 5.81. The summed E-state index contributed by atoms with van der Waals surface area (Å²) < 4.78 is 10.6. The first kappa shape index (κ1) is 33.6. The van der Waals surface area contributed by atoms with E-state index >= 15 is 0 Å². The predicted octanol–water partition coefficient (Wildman–Crippen LogP) is 8.22. The van der Waals surface area contributed by atoms with Crippen LogP contribution in [0, 0.1) is 0 Å². The third-order valence-electron chi connectivity index (χ3n) is 6.32. The number of carbonyl (C=O) groups excluding carboxylic acids is 2. The molecule has 0 saturated heterocycles. The highest BCUT2D eigenvalue weighted by Gasteiger charge is 2.23. The maximum Gasteiger partial charge on any atom is 0.335 e. The fourth-order valence-corrected chi connectivity index (χ4v) is 4.11. The van der Waals surface area contributed by atoms with Crippen molar-refractivity contribution in [2.45, 2.75) is 161 Å². The lowest BCUT2D eigenvalue weighted by atomic mass is 10.1. The molecule has 0 aromatic heterocycles. The van der Waals surface area contributed by atoms with Crippen LogP contribution < -0.4 is 0 Å². The topological polar surface area (TPSA) is 72.8 Å². The van der Waals surface area contributed by atoms with Gasteiger partial charge in [-0.15, -0.1) is 0 Å². The van der Waals surface area contributed by atoms with E-state index in [0.717, 1.165) is 51.4 Å². The van der Waals surface area contributed by atoms with E-state index in [1.807, 2.05) is 0 Å². The second-order valence-corrected chi connectivity index (χ2v) is 9.87. The van der Waals surface area contributed by atoms with Crippen LogP contribution in [0.2, 0.25) is 0 Å². The van der Waals surface area contributed by atoms with Crippen LogP contribution >= 0.6 is 0 Å². The van der Waals surface area contributed by atoms with E-state index in [1.165, 1.54) is 70.6 Å². The Balaban J connectivity index is 3.63. The average molecular weight is 497 g/mol. The zero-order valence-corrected chi connectivity index (χ0v) is 23.2. The lowest BCUT2D eigenvalue weighted by Crippen LogP contribution is -2.29. The van der Waals surface area contributed by atoms with Crippen molar-refractivity contribution in [3.05, 3.63) is 12.2 Å². The molecule has 2 unspecified atom stereocenters. The lowest BCUT2D eigenvalue weighted by molar-refractivity contribution is -0.162. The molecule has 0 aliphatic heterocycles. The maximum absolute atomic E-state index is 12.0. The largest absolute Gasteiger partial charge is 0.464 e. The summed E-state index contributed by atoms with van der Waals surface area (Å²) in [6.07, 6.45) is 24.5. The summed E-state index contributed by atoms with van der Waals surface area (Å²) in [5, 5.41) is 9.96. The van der Waals surface area contributed by atoms with Gasteiger partial charge in [-0.2, -0.15) is 0 Å². The normalized spacial score (nSPS) is 13.1. The molecule has 2 atom stereocenters. The fraction of sp³-hybridized carbons (Fsp3) is 0.867. The molecule has 0 amide bonds. The molecule has 35 heavy (non-hydrogen) atoms. The summed E-state index contributed by atoms with van der Waals surface area (Å²) in [7, 11) is 0. The van der Waals surface area contributed by atoms with Crippen LogP contribution in [-0.4, -0.2) is 35.9 Å². The molecular formula is C30H56O5. The Morgan fingerprint density at radius 3 is 1.80 bits per heavy atom. The Kier molecular flexibility index (Phi) is 24.7. The highest BCUT2D eigenvalue weighted by Crippen LogP contribution is 2.13. The van der Waals surface area contributed by atoms with Gasteiger partial charge in [0.1, 0.15) is 6.10 Å². The number of aliphatic hydroxyl groups excluding tert-OH is 1. The Morgan fingerprint density at radius 1 is 0.686 bits per heavy atom. The number of ether oxygens (including phenoxy) is 2. The van der Waals surface area contributed by atoms with E-state index in [2.05, 4.69) is 32.9 Å². The van der Waals surface area contributed by atoms with Gasteiger partial charge in [-0.3, -0.25) is 4.79 Å². The summed E-state index contributed by atoms with van der Waals surface area (Å²) in [5.74, 6) is -1.25. The Labute approximate surface area is 216 Å². The first-order valence-corrected chi connectivity index (χ1v) is 14.7. The zero-order valence-electron chi connectivity index (χ0n) is 23.2. The van der Waals surface area contributed by atoms with Crippen molar-refractivity contribution in [2.24, 2.45) is 0 Å². The molecular weight excluding hydrogens is 440 g/mol. The minimum absolute atomic E-state index is 0.128. The third-order valence-corrected chi connectivity index (χ3v) is 6.32. The molecule has 0 bridgehead atoms. The first-order valence-electron chi connectivity index (χ1n) is 14.7. The van der Waals surface area contributed by atoms with Crippen molar-refractivity contribution >= 4 is 11.9 Å². The lowest BCUT2D eigenvalue weighted by Gasteiger charge is -2.18. The molecule has 0 spiro atoms. The van der Waals surface area contributed by atoms with Gasteiger partial charge < -0.3 is 14.6 Å². The molecule has 1 N–H and O–H groups in total. The van der Waals surface area contributed by atoms with Crippen molar-refractivity contribution in [3.8, 4) is 0 Å². The summed E-state index contributed by atoms with van der Waals surface area (Å²) >= 11 is 0. The van der Waals surface area contributed by atoms with Crippen LogP contribution in [0.15, 0.2) is 12.2 Å². The van der Waals surface area contributed by atoms with Crippen LogP contribution in [0.4, 0.5) is 0 Å². The van der Waals surface area contributed by atoms with Gasteiger partial charge in [0.05, 0.1) is 13.0 Å². The smallest absolute Gasteiger partial charge is 0.335 e. The van der Waals surface area contributed by atoms with Crippen LogP contribution in [-0.2, 0) is 19.1 Å². The highest BCUT2D eigenvalue weighted by atomic mass is 16.6. The van der Waals surface area contributed by atoms with Gasteiger partial charge in [-0.1, -0.05) is 110 Å². The van der Waals surface area contributed by atoms with E-state index < -0.39 is 18.0 Å². The van der Waals surface area contributed by atoms with E-state index in [1.54, 1.807) is 0 Å². The fourth-order valence-electron chi connectivity index (χ4n) is 4.11. The van der Waals surface area contributed by atoms with Crippen molar-refractivity contribution in [1.82, 2.24) is 0 Å². The summed E-state index contributed by atoms with van der Waals surface area (Å²) in [6.45, 7) is 6.70. The predicted molar refractivity (Wildman–Crippen MR) is 145 cm³/mol. The number of rotatable bonds is 25. The van der Waals surface area contributed by atoms with Gasteiger partial charge in [-0.25, -0.2) is 4.79 Å². The number of hydrogen-bond acceptors (Lipinski definition) is 5. The number of aliphatic hydroxyl groups is 1. The first-order chi connectivity index (χ1) is 17.0. The van der Waals surface area contributed by atoms with E-state index in [-0.39, 0.29) is 12.5 Å². The Bertz CT molecular complexity index is 517. The summed E-state index contributed by atoms with van der Waals surface area (Å²) in [4.78, 5) is 24.0. The zero-order chi connectivity index (χ0) is 26.0. The third kappa shape index (κ3) is 22.8. The van der Waals surface area contributed by atoms with E-state index in [9.17, 15) is 14.7 Å². The summed E-state index contributed by atoms with van der Waals surface area (Å²) in [6, 6.07) is 0. The molecule has 0 radical (unpaired) electrons. The monoisotopic (exact) mass is 496 g/mol. The standard InChI is InChI=1S/C30H56O5/c1-4-7-9-10-11-12-13-14-15-16-17-18-19-20-21-22-25-34-30(33)28(31)26-29(32)35-27(23-6-3)24-8-5-2/h14-15,27-28,31H,4-13,16-26H2,1-3H3/b15-14-. The van der Waals surface area contributed by atoms with Crippen LogP contribution in [0.25, 0.3) is 0 Å². The molecule has 0 aromatic carbocycles. The number of carbonyl (C=O) groups is 2. The number of hydrogen-bond donors (Lipinski definition) is 1. The quantitative estimate of drug-likeness (QED) is 0.0783. The Hall–Kier alpha value is -1.36. The van der Waals surface area contributed by atoms with E-state index in [0.29, 0.717) is 6.61 Å². The minimum atomic E-state index is -1.44. The SMILES string of the molecule is CCCCCCCC/C=C\CCCCCCCCOC(=O)C(O)CC(=O)OC(CCC)CCCC. The minimum Gasteiger partial charge on any atom is -0.464 e. The second kappa shape index (κ2) is 25.7. The van der Waals surface area contributed by atoms with Crippen LogP contribution in [0.5, 0.6) is 0 Å². The number of unbranched alkanes of at least 4 members (excludes halogenated alkanes) is 13. The number of esters is 2. The van der Waals surface area contributed by atoms with Gasteiger partial charge in [0.25, 0.3) is 0 Å². The molecule has 0 aromatic rings.